The maximum atomic E-state index is 13.2. The molecule has 25 heavy (non-hydrogen) atoms. The Kier molecular flexibility index (Phi) is 6.14. The normalized spacial score (nSPS) is 18.1. The van der Waals surface area contributed by atoms with Crippen molar-refractivity contribution in [3.8, 4) is 0 Å². The summed E-state index contributed by atoms with van der Waals surface area (Å²) in [5.74, 6) is -1.53. The maximum Gasteiger partial charge on any atom is 0.227 e. The van der Waals surface area contributed by atoms with Crippen molar-refractivity contribution >= 4 is 11.8 Å². The quantitative estimate of drug-likeness (QED) is 0.906. The smallest absolute Gasteiger partial charge is 0.227 e. The number of piperidine rings is 1. The SMILES string of the molecule is CC(C)(C)C(=O)N1CCCC(C(=O)NCCc2cc(F)cc(F)c2)C1. The summed E-state index contributed by atoms with van der Waals surface area (Å²) in [6, 6.07) is 3.35. The van der Waals surface area contributed by atoms with Crippen molar-refractivity contribution in [2.24, 2.45) is 11.3 Å². The molecule has 1 N–H and O–H groups in total. The molecule has 1 heterocycles. The third-order valence-electron chi connectivity index (χ3n) is 4.36. The van der Waals surface area contributed by atoms with E-state index in [1.54, 1.807) is 4.90 Å². The molecule has 0 aliphatic carbocycles. The average Bonchev–Trinajstić information content (AvgIpc) is 2.52. The number of hydrogen-bond acceptors (Lipinski definition) is 2. The van der Waals surface area contributed by atoms with Crippen molar-refractivity contribution in [3.05, 3.63) is 35.4 Å². The summed E-state index contributed by atoms with van der Waals surface area (Å²) in [5, 5.41) is 2.82. The lowest BCUT2D eigenvalue weighted by molar-refractivity contribution is -0.142. The standard InChI is InChI=1S/C19H26F2N2O2/c1-19(2,3)18(25)23-8-4-5-14(12-23)17(24)22-7-6-13-9-15(20)11-16(21)10-13/h9-11,14H,4-8,12H2,1-3H3,(H,22,24). The topological polar surface area (TPSA) is 49.4 Å². The molecule has 0 radical (unpaired) electrons. The second-order valence-electron chi connectivity index (χ2n) is 7.66. The molecule has 0 saturated carbocycles. The van der Waals surface area contributed by atoms with Gasteiger partial charge in [-0.25, -0.2) is 8.78 Å². The number of likely N-dealkylation sites (tertiary alicyclic amines) is 1. The van der Waals surface area contributed by atoms with E-state index in [0.29, 0.717) is 31.6 Å². The van der Waals surface area contributed by atoms with E-state index in [2.05, 4.69) is 5.32 Å². The van der Waals surface area contributed by atoms with E-state index in [1.807, 2.05) is 20.8 Å². The maximum absolute atomic E-state index is 13.2. The van der Waals surface area contributed by atoms with E-state index >= 15 is 0 Å². The van der Waals surface area contributed by atoms with Crippen LogP contribution in [0.2, 0.25) is 0 Å². The fourth-order valence-corrected chi connectivity index (χ4v) is 3.08. The molecule has 0 aromatic heterocycles. The first-order valence-corrected chi connectivity index (χ1v) is 8.69. The van der Waals surface area contributed by atoms with E-state index in [4.69, 9.17) is 0 Å². The summed E-state index contributed by atoms with van der Waals surface area (Å²) in [5.41, 5.74) is 0.0470. The molecule has 2 amide bonds. The summed E-state index contributed by atoms with van der Waals surface area (Å²) in [6.07, 6.45) is 1.90. The van der Waals surface area contributed by atoms with Gasteiger partial charge < -0.3 is 10.2 Å². The lowest BCUT2D eigenvalue weighted by Crippen LogP contribution is -2.48. The molecular formula is C19H26F2N2O2. The van der Waals surface area contributed by atoms with E-state index in [9.17, 15) is 18.4 Å². The highest BCUT2D eigenvalue weighted by Gasteiger charge is 2.33. The van der Waals surface area contributed by atoms with Crippen LogP contribution in [0, 0.1) is 23.0 Å². The van der Waals surface area contributed by atoms with Gasteiger partial charge in [0.1, 0.15) is 11.6 Å². The highest BCUT2D eigenvalue weighted by atomic mass is 19.1. The molecule has 1 fully saturated rings. The number of amides is 2. The zero-order chi connectivity index (χ0) is 18.6. The minimum Gasteiger partial charge on any atom is -0.355 e. The molecule has 2 rings (SSSR count). The van der Waals surface area contributed by atoms with Gasteiger partial charge in [0, 0.05) is 31.1 Å². The molecule has 0 bridgehead atoms. The molecule has 1 unspecified atom stereocenters. The lowest BCUT2D eigenvalue weighted by atomic mass is 9.91. The van der Waals surface area contributed by atoms with Crippen LogP contribution in [0.4, 0.5) is 8.78 Å². The number of nitrogens with zero attached hydrogens (tertiary/aromatic N) is 1. The minimum absolute atomic E-state index is 0.0558. The Morgan fingerprint density at radius 3 is 2.44 bits per heavy atom. The first-order chi connectivity index (χ1) is 11.7. The number of halogens is 2. The van der Waals surface area contributed by atoms with Crippen LogP contribution in [0.1, 0.15) is 39.2 Å². The predicted molar refractivity (Wildman–Crippen MR) is 91.8 cm³/mol. The van der Waals surface area contributed by atoms with Crippen molar-refractivity contribution in [1.29, 1.82) is 0 Å². The van der Waals surface area contributed by atoms with Crippen LogP contribution in [0.3, 0.4) is 0 Å². The number of carbonyl (C=O) groups is 2. The van der Waals surface area contributed by atoms with Crippen LogP contribution in [0.15, 0.2) is 18.2 Å². The summed E-state index contributed by atoms with van der Waals surface area (Å²) in [7, 11) is 0. The van der Waals surface area contributed by atoms with E-state index in [-0.39, 0.29) is 17.7 Å². The fourth-order valence-electron chi connectivity index (χ4n) is 3.08. The van der Waals surface area contributed by atoms with Gasteiger partial charge in [-0.2, -0.15) is 0 Å². The number of rotatable bonds is 4. The van der Waals surface area contributed by atoms with Crippen LogP contribution in [-0.4, -0.2) is 36.3 Å². The number of hydrogen-bond donors (Lipinski definition) is 1. The molecule has 1 aliphatic heterocycles. The van der Waals surface area contributed by atoms with Gasteiger partial charge in [-0.1, -0.05) is 20.8 Å². The van der Waals surface area contributed by atoms with E-state index in [1.165, 1.54) is 12.1 Å². The number of carbonyl (C=O) groups excluding carboxylic acids is 2. The van der Waals surface area contributed by atoms with Gasteiger partial charge in [0.05, 0.1) is 5.92 Å². The first kappa shape index (κ1) is 19.3. The second-order valence-corrected chi connectivity index (χ2v) is 7.66. The van der Waals surface area contributed by atoms with Crippen molar-refractivity contribution in [1.82, 2.24) is 10.2 Å². The molecular weight excluding hydrogens is 326 g/mol. The summed E-state index contributed by atoms with van der Waals surface area (Å²) < 4.78 is 26.3. The summed E-state index contributed by atoms with van der Waals surface area (Å²) in [6.45, 7) is 7.04. The van der Waals surface area contributed by atoms with Crippen molar-refractivity contribution < 1.29 is 18.4 Å². The Hall–Kier alpha value is -1.98. The largest absolute Gasteiger partial charge is 0.355 e. The lowest BCUT2D eigenvalue weighted by Gasteiger charge is -2.35. The Labute approximate surface area is 147 Å². The highest BCUT2D eigenvalue weighted by Crippen LogP contribution is 2.23. The molecule has 4 nitrogen and oxygen atoms in total. The summed E-state index contributed by atoms with van der Waals surface area (Å²) in [4.78, 5) is 26.5. The zero-order valence-corrected chi connectivity index (χ0v) is 15.1. The third-order valence-corrected chi connectivity index (χ3v) is 4.36. The number of benzene rings is 1. The van der Waals surface area contributed by atoms with Crippen LogP contribution in [0.25, 0.3) is 0 Å². The zero-order valence-electron chi connectivity index (χ0n) is 15.1. The summed E-state index contributed by atoms with van der Waals surface area (Å²) >= 11 is 0. The molecule has 6 heteroatoms. The average molecular weight is 352 g/mol. The molecule has 1 aliphatic rings. The second kappa shape index (κ2) is 7.93. The Morgan fingerprint density at radius 2 is 1.84 bits per heavy atom. The van der Waals surface area contributed by atoms with Gasteiger partial charge >= 0.3 is 0 Å². The van der Waals surface area contributed by atoms with Crippen LogP contribution in [-0.2, 0) is 16.0 Å². The minimum atomic E-state index is -0.620. The van der Waals surface area contributed by atoms with Crippen LogP contribution < -0.4 is 5.32 Å². The van der Waals surface area contributed by atoms with E-state index in [0.717, 1.165) is 18.9 Å². The van der Waals surface area contributed by atoms with Crippen molar-refractivity contribution in [3.63, 3.8) is 0 Å². The molecule has 1 atom stereocenters. The molecule has 0 spiro atoms. The Morgan fingerprint density at radius 1 is 1.20 bits per heavy atom. The van der Waals surface area contributed by atoms with E-state index < -0.39 is 17.0 Å². The molecule has 138 valence electrons. The fraction of sp³-hybridized carbons (Fsp3) is 0.579. The van der Waals surface area contributed by atoms with Gasteiger partial charge in [-0.05, 0) is 37.0 Å². The molecule has 1 aromatic carbocycles. The van der Waals surface area contributed by atoms with Crippen LogP contribution >= 0.6 is 0 Å². The van der Waals surface area contributed by atoms with Gasteiger partial charge in [-0.3, -0.25) is 9.59 Å². The monoisotopic (exact) mass is 352 g/mol. The highest BCUT2D eigenvalue weighted by molar-refractivity contribution is 5.83. The first-order valence-electron chi connectivity index (χ1n) is 8.69. The van der Waals surface area contributed by atoms with Gasteiger partial charge in [0.15, 0.2) is 0 Å². The van der Waals surface area contributed by atoms with Crippen molar-refractivity contribution in [2.75, 3.05) is 19.6 Å². The number of nitrogens with one attached hydrogen (secondary N) is 1. The predicted octanol–water partition coefficient (Wildman–Crippen LogP) is 2.91. The molecule has 1 saturated heterocycles. The van der Waals surface area contributed by atoms with Crippen molar-refractivity contribution in [2.45, 2.75) is 40.0 Å². The van der Waals surface area contributed by atoms with Crippen LogP contribution in [0.5, 0.6) is 0 Å². The van der Waals surface area contributed by atoms with Gasteiger partial charge in [0.2, 0.25) is 11.8 Å². The van der Waals surface area contributed by atoms with Gasteiger partial charge in [-0.15, -0.1) is 0 Å². The van der Waals surface area contributed by atoms with Gasteiger partial charge in [0.25, 0.3) is 0 Å². The third kappa shape index (κ3) is 5.51. The Bertz CT molecular complexity index is 621. The molecule has 1 aromatic rings. The Balaban J connectivity index is 1.85.